The van der Waals surface area contributed by atoms with Crippen molar-refractivity contribution in [2.45, 2.75) is 25.8 Å². The van der Waals surface area contributed by atoms with Crippen molar-refractivity contribution < 1.29 is 14.7 Å². The standard InChI is InChI=1S/C10H12N2O3S/c1-6-3-2-4-12(6)9(13)7-5-16-8(11-7)10(14)15/h5-6H,2-4H2,1H3,(H,14,15)/t6-/m0/s1. The third kappa shape index (κ3) is 1.92. The van der Waals surface area contributed by atoms with Crippen molar-refractivity contribution in [1.29, 1.82) is 0 Å². The number of hydrogen-bond acceptors (Lipinski definition) is 4. The highest BCUT2D eigenvalue weighted by Crippen LogP contribution is 2.20. The molecule has 1 aliphatic rings. The highest BCUT2D eigenvalue weighted by molar-refractivity contribution is 7.11. The lowest BCUT2D eigenvalue weighted by atomic mass is 10.2. The van der Waals surface area contributed by atoms with Crippen molar-refractivity contribution in [3.05, 3.63) is 16.1 Å². The zero-order valence-electron chi connectivity index (χ0n) is 8.84. The first-order valence-corrected chi connectivity index (χ1v) is 5.97. The molecular formula is C10H12N2O3S. The molecule has 1 aliphatic heterocycles. The minimum atomic E-state index is -1.08. The zero-order valence-corrected chi connectivity index (χ0v) is 9.66. The van der Waals surface area contributed by atoms with Crippen LogP contribution in [0.5, 0.6) is 0 Å². The van der Waals surface area contributed by atoms with E-state index < -0.39 is 5.97 Å². The Kier molecular flexibility index (Phi) is 2.91. The fraction of sp³-hybridized carbons (Fsp3) is 0.500. The Hall–Kier alpha value is -1.43. The van der Waals surface area contributed by atoms with Crippen molar-refractivity contribution in [2.24, 2.45) is 0 Å². The molecule has 0 radical (unpaired) electrons. The van der Waals surface area contributed by atoms with Crippen molar-refractivity contribution in [1.82, 2.24) is 9.88 Å². The van der Waals surface area contributed by atoms with Crippen LogP contribution in [0.25, 0.3) is 0 Å². The van der Waals surface area contributed by atoms with Crippen LogP contribution in [0.15, 0.2) is 5.38 Å². The van der Waals surface area contributed by atoms with Crippen LogP contribution in [-0.4, -0.2) is 39.5 Å². The van der Waals surface area contributed by atoms with E-state index in [9.17, 15) is 9.59 Å². The molecule has 0 aliphatic carbocycles. The van der Waals surface area contributed by atoms with Crippen LogP contribution >= 0.6 is 11.3 Å². The summed E-state index contributed by atoms with van der Waals surface area (Å²) in [6.07, 6.45) is 2.00. The lowest BCUT2D eigenvalue weighted by Gasteiger charge is -2.19. The van der Waals surface area contributed by atoms with Gasteiger partial charge in [0.05, 0.1) is 0 Å². The molecule has 1 N–H and O–H groups in total. The van der Waals surface area contributed by atoms with Gasteiger partial charge < -0.3 is 10.0 Å². The maximum absolute atomic E-state index is 12.0. The number of hydrogen-bond donors (Lipinski definition) is 1. The van der Waals surface area contributed by atoms with Gasteiger partial charge in [0, 0.05) is 18.0 Å². The quantitative estimate of drug-likeness (QED) is 0.849. The third-order valence-corrected chi connectivity index (χ3v) is 3.55. The summed E-state index contributed by atoms with van der Waals surface area (Å²) in [5.74, 6) is -1.24. The molecule has 0 aromatic carbocycles. The van der Waals surface area contributed by atoms with Gasteiger partial charge in [0.1, 0.15) is 5.69 Å². The summed E-state index contributed by atoms with van der Waals surface area (Å²) in [5, 5.41) is 10.2. The Morgan fingerprint density at radius 3 is 2.88 bits per heavy atom. The number of nitrogens with zero attached hydrogens (tertiary/aromatic N) is 2. The van der Waals surface area contributed by atoms with Gasteiger partial charge in [-0.15, -0.1) is 11.3 Å². The van der Waals surface area contributed by atoms with E-state index in [-0.39, 0.29) is 22.7 Å². The third-order valence-electron chi connectivity index (χ3n) is 2.72. The number of likely N-dealkylation sites (tertiary alicyclic amines) is 1. The SMILES string of the molecule is C[C@H]1CCCN1C(=O)c1csc(C(=O)O)n1. The van der Waals surface area contributed by atoms with E-state index in [4.69, 9.17) is 5.11 Å². The molecule has 1 aromatic heterocycles. The van der Waals surface area contributed by atoms with E-state index in [0.29, 0.717) is 0 Å². The van der Waals surface area contributed by atoms with Crippen molar-refractivity contribution in [2.75, 3.05) is 6.54 Å². The van der Waals surface area contributed by atoms with E-state index in [0.717, 1.165) is 30.7 Å². The van der Waals surface area contributed by atoms with Gasteiger partial charge in [-0.2, -0.15) is 0 Å². The van der Waals surface area contributed by atoms with Crippen molar-refractivity contribution in [3.63, 3.8) is 0 Å². The molecule has 6 heteroatoms. The predicted molar refractivity (Wildman–Crippen MR) is 58.8 cm³/mol. The molecule has 1 atom stereocenters. The van der Waals surface area contributed by atoms with Crippen LogP contribution in [0, 0.1) is 0 Å². The molecule has 86 valence electrons. The van der Waals surface area contributed by atoms with E-state index in [2.05, 4.69) is 4.98 Å². The van der Waals surface area contributed by atoms with Gasteiger partial charge in [-0.05, 0) is 19.8 Å². The van der Waals surface area contributed by atoms with Gasteiger partial charge in [-0.3, -0.25) is 4.79 Å². The summed E-state index contributed by atoms with van der Waals surface area (Å²) >= 11 is 0.988. The second kappa shape index (κ2) is 4.21. The van der Waals surface area contributed by atoms with E-state index in [1.54, 1.807) is 4.90 Å². The molecule has 1 fully saturated rings. The van der Waals surface area contributed by atoms with E-state index in [1.165, 1.54) is 5.38 Å². The Balaban J connectivity index is 2.17. The van der Waals surface area contributed by atoms with Crippen LogP contribution in [0.1, 0.15) is 40.1 Å². The first-order chi connectivity index (χ1) is 7.59. The molecule has 1 aromatic rings. The van der Waals surface area contributed by atoms with Gasteiger partial charge in [-0.25, -0.2) is 9.78 Å². The highest BCUT2D eigenvalue weighted by Gasteiger charge is 2.27. The first kappa shape index (κ1) is 11.1. The average molecular weight is 240 g/mol. The van der Waals surface area contributed by atoms with Crippen LogP contribution in [0.4, 0.5) is 0 Å². The Labute approximate surface area is 96.7 Å². The smallest absolute Gasteiger partial charge is 0.365 e. The summed E-state index contributed by atoms with van der Waals surface area (Å²) < 4.78 is 0. The number of aromatic carboxylic acids is 1. The number of carbonyl (C=O) groups is 2. The number of aromatic nitrogens is 1. The number of thiazole rings is 1. The number of carboxylic acid groups (broad SMARTS) is 1. The molecule has 0 spiro atoms. The average Bonchev–Trinajstić information content (AvgIpc) is 2.84. The van der Waals surface area contributed by atoms with E-state index in [1.807, 2.05) is 6.92 Å². The minimum absolute atomic E-state index is 0.0322. The lowest BCUT2D eigenvalue weighted by Crippen LogP contribution is -2.33. The second-order valence-electron chi connectivity index (χ2n) is 3.83. The minimum Gasteiger partial charge on any atom is -0.476 e. The summed E-state index contributed by atoms with van der Waals surface area (Å²) in [5.41, 5.74) is 0.246. The first-order valence-electron chi connectivity index (χ1n) is 5.09. The number of rotatable bonds is 2. The fourth-order valence-corrected chi connectivity index (χ4v) is 2.48. The summed E-state index contributed by atoms with van der Waals surface area (Å²) in [6, 6.07) is 0.225. The van der Waals surface area contributed by atoms with Crippen molar-refractivity contribution >= 4 is 23.2 Å². The number of amides is 1. The van der Waals surface area contributed by atoms with Crippen LogP contribution in [0.3, 0.4) is 0 Å². The summed E-state index contributed by atoms with van der Waals surface area (Å²) in [4.78, 5) is 28.2. The normalized spacial score (nSPS) is 20.1. The van der Waals surface area contributed by atoms with Crippen LogP contribution < -0.4 is 0 Å². The maximum Gasteiger partial charge on any atom is 0.365 e. The Bertz CT molecular complexity index is 429. The molecule has 0 saturated carbocycles. The number of carbonyl (C=O) groups excluding carboxylic acids is 1. The molecule has 1 amide bonds. The summed E-state index contributed by atoms with van der Waals surface area (Å²) in [6.45, 7) is 2.73. The highest BCUT2D eigenvalue weighted by atomic mass is 32.1. The molecule has 0 unspecified atom stereocenters. The van der Waals surface area contributed by atoms with Crippen LogP contribution in [0.2, 0.25) is 0 Å². The fourth-order valence-electron chi connectivity index (χ4n) is 1.85. The zero-order chi connectivity index (χ0) is 11.7. The van der Waals surface area contributed by atoms with Gasteiger partial charge >= 0.3 is 5.97 Å². The molecule has 1 saturated heterocycles. The molecule has 0 bridgehead atoms. The Morgan fingerprint density at radius 2 is 2.38 bits per heavy atom. The molecular weight excluding hydrogens is 228 g/mol. The van der Waals surface area contributed by atoms with Gasteiger partial charge in [-0.1, -0.05) is 0 Å². The number of carboxylic acids is 1. The predicted octanol–water partition coefficient (Wildman–Crippen LogP) is 1.47. The monoisotopic (exact) mass is 240 g/mol. The summed E-state index contributed by atoms with van der Waals surface area (Å²) in [7, 11) is 0. The molecule has 2 heterocycles. The lowest BCUT2D eigenvalue weighted by molar-refractivity contribution is 0.0696. The topological polar surface area (TPSA) is 70.5 Å². The van der Waals surface area contributed by atoms with Gasteiger partial charge in [0.15, 0.2) is 0 Å². The molecule has 2 rings (SSSR count). The Morgan fingerprint density at radius 1 is 1.62 bits per heavy atom. The molecule has 5 nitrogen and oxygen atoms in total. The second-order valence-corrected chi connectivity index (χ2v) is 4.69. The van der Waals surface area contributed by atoms with Gasteiger partial charge in [0.2, 0.25) is 5.01 Å². The van der Waals surface area contributed by atoms with Crippen molar-refractivity contribution in [3.8, 4) is 0 Å². The molecule has 16 heavy (non-hydrogen) atoms. The van der Waals surface area contributed by atoms with E-state index >= 15 is 0 Å². The van der Waals surface area contributed by atoms with Gasteiger partial charge in [0.25, 0.3) is 5.91 Å². The largest absolute Gasteiger partial charge is 0.476 e. The maximum atomic E-state index is 12.0. The van der Waals surface area contributed by atoms with Crippen LogP contribution in [-0.2, 0) is 0 Å².